The molecule has 2 heterocycles. The number of rotatable bonds is 11. The third-order valence-electron chi connectivity index (χ3n) is 6.57. The number of anilines is 1. The monoisotopic (exact) mass is 638 g/mol. The molecule has 0 unspecified atom stereocenters. The summed E-state index contributed by atoms with van der Waals surface area (Å²) >= 11 is 1.45. The van der Waals surface area contributed by atoms with Gasteiger partial charge in [0.05, 0.1) is 45.2 Å². The smallest absolute Gasteiger partial charge is 0.748 e. The third-order valence-corrected chi connectivity index (χ3v) is 9.26. The van der Waals surface area contributed by atoms with Crippen LogP contribution in [0.4, 0.5) is 5.69 Å². The van der Waals surface area contributed by atoms with Gasteiger partial charge in [0.25, 0.3) is 5.01 Å². The SMILES string of the molecule is COc1ccc2sc(C=C3Oc4ccc(-c5ccccc5)cc4N3CCCS(=O)(=O)[O-])[n+](CCCS(=O)(=O)[O-])c2c1.[Na+]. The summed E-state index contributed by atoms with van der Waals surface area (Å²) in [4.78, 5) is 1.84. The first-order valence-electron chi connectivity index (χ1n) is 12.7. The molecule has 42 heavy (non-hydrogen) atoms. The van der Waals surface area contributed by atoms with E-state index in [1.54, 1.807) is 13.2 Å². The number of nitrogens with zero attached hydrogens (tertiary/aromatic N) is 2. The fourth-order valence-corrected chi connectivity index (χ4v) is 6.76. The van der Waals surface area contributed by atoms with Gasteiger partial charge in [0.2, 0.25) is 11.4 Å². The zero-order chi connectivity index (χ0) is 29.2. The van der Waals surface area contributed by atoms with Crippen molar-refractivity contribution >= 4 is 53.6 Å². The zero-order valence-corrected chi connectivity index (χ0v) is 27.5. The van der Waals surface area contributed by atoms with Gasteiger partial charge in [-0.25, -0.2) is 16.8 Å². The number of ether oxygens (including phenoxy) is 2. The second-order valence-electron chi connectivity index (χ2n) is 9.44. The predicted molar refractivity (Wildman–Crippen MR) is 155 cm³/mol. The Labute approximate surface area is 271 Å². The van der Waals surface area contributed by atoms with Crippen molar-refractivity contribution in [3.63, 3.8) is 0 Å². The largest absolute Gasteiger partial charge is 1.00 e. The number of hydrogen-bond donors (Lipinski definition) is 0. The average molecular weight is 639 g/mol. The van der Waals surface area contributed by atoms with E-state index < -0.39 is 31.7 Å². The molecule has 0 spiro atoms. The number of hydrogen-bond acceptors (Lipinski definition) is 10. The Bertz CT molecular complexity index is 1820. The van der Waals surface area contributed by atoms with Crippen molar-refractivity contribution in [3.05, 3.63) is 77.6 Å². The topological polar surface area (TPSA) is 140 Å². The Morgan fingerprint density at radius 3 is 2.33 bits per heavy atom. The van der Waals surface area contributed by atoms with E-state index in [1.807, 2.05) is 76.2 Å². The Balaban J connectivity index is 0.00000405. The third kappa shape index (κ3) is 7.91. The molecule has 1 aliphatic heterocycles. The number of fused-ring (bicyclic) bond motifs is 2. The molecular weight excluding hydrogens is 612 g/mol. The Hall–Kier alpha value is -2.49. The molecule has 4 aromatic rings. The molecule has 14 heteroatoms. The van der Waals surface area contributed by atoms with Crippen LogP contribution >= 0.6 is 11.3 Å². The van der Waals surface area contributed by atoms with Gasteiger partial charge in [-0.15, -0.1) is 0 Å². The minimum atomic E-state index is -4.40. The summed E-state index contributed by atoms with van der Waals surface area (Å²) in [5.74, 6) is 0.608. The Morgan fingerprint density at radius 1 is 0.929 bits per heavy atom. The van der Waals surface area contributed by atoms with E-state index in [-0.39, 0.29) is 55.5 Å². The fourth-order valence-electron chi connectivity index (χ4n) is 4.70. The molecular formula is C28H27N2NaO8S3. The fraction of sp³-hybridized carbons (Fsp3) is 0.250. The van der Waals surface area contributed by atoms with Gasteiger partial charge in [-0.2, -0.15) is 4.57 Å². The van der Waals surface area contributed by atoms with E-state index in [1.165, 1.54) is 11.3 Å². The first-order valence-corrected chi connectivity index (χ1v) is 16.7. The van der Waals surface area contributed by atoms with E-state index in [0.29, 0.717) is 17.4 Å². The van der Waals surface area contributed by atoms with Gasteiger partial charge in [-0.05, 0) is 41.8 Å². The quantitative estimate of drug-likeness (QED) is 0.133. The van der Waals surface area contributed by atoms with Gasteiger partial charge >= 0.3 is 29.6 Å². The van der Waals surface area contributed by atoms with E-state index in [9.17, 15) is 25.9 Å². The number of thiazole rings is 1. The summed E-state index contributed by atoms with van der Waals surface area (Å²) in [6.07, 6.45) is 2.01. The number of benzene rings is 3. The van der Waals surface area contributed by atoms with Crippen LogP contribution in [0.3, 0.4) is 0 Å². The van der Waals surface area contributed by atoms with Gasteiger partial charge in [0.15, 0.2) is 12.3 Å². The summed E-state index contributed by atoms with van der Waals surface area (Å²) in [6.45, 7) is 0.471. The average Bonchev–Trinajstić information content (AvgIpc) is 3.44. The molecule has 1 aliphatic rings. The van der Waals surface area contributed by atoms with Crippen LogP contribution in [0, 0.1) is 0 Å². The van der Waals surface area contributed by atoms with Crippen molar-refractivity contribution in [2.24, 2.45) is 0 Å². The predicted octanol–water partition coefficient (Wildman–Crippen LogP) is 0.936. The molecule has 0 radical (unpaired) electrons. The Kier molecular flexibility index (Phi) is 10.4. The first-order chi connectivity index (χ1) is 19.5. The van der Waals surface area contributed by atoms with Crippen LogP contribution in [-0.2, 0) is 26.8 Å². The van der Waals surface area contributed by atoms with Crippen LogP contribution in [0.5, 0.6) is 11.5 Å². The molecule has 0 fully saturated rings. The van der Waals surface area contributed by atoms with E-state index >= 15 is 0 Å². The molecule has 0 aliphatic carbocycles. The molecule has 216 valence electrons. The Morgan fingerprint density at radius 2 is 1.64 bits per heavy atom. The number of aryl methyl sites for hydroxylation is 1. The summed E-state index contributed by atoms with van der Waals surface area (Å²) in [5.41, 5.74) is 3.47. The number of aromatic nitrogens is 1. The van der Waals surface area contributed by atoms with Crippen LogP contribution in [0.2, 0.25) is 0 Å². The maximum Gasteiger partial charge on any atom is 1.00 e. The van der Waals surface area contributed by atoms with E-state index in [4.69, 9.17) is 9.47 Å². The minimum absolute atomic E-state index is 0. The molecule has 0 atom stereocenters. The van der Waals surface area contributed by atoms with Gasteiger partial charge in [-0.3, -0.25) is 0 Å². The van der Waals surface area contributed by atoms with Crippen LogP contribution in [0.25, 0.3) is 27.4 Å². The molecule has 0 saturated heterocycles. The van der Waals surface area contributed by atoms with Gasteiger partial charge in [0, 0.05) is 24.5 Å². The summed E-state index contributed by atoms with van der Waals surface area (Å²) in [6, 6.07) is 21.1. The molecule has 1 aromatic heterocycles. The van der Waals surface area contributed by atoms with Gasteiger partial charge in [0.1, 0.15) is 10.4 Å². The van der Waals surface area contributed by atoms with Crippen molar-refractivity contribution < 1.29 is 69.5 Å². The number of methoxy groups -OCH3 is 1. The van der Waals surface area contributed by atoms with Gasteiger partial charge < -0.3 is 23.5 Å². The van der Waals surface area contributed by atoms with Crippen LogP contribution in [-0.4, -0.2) is 51.1 Å². The standard InChI is InChI=1S/C28H28N2O8S3.Na/c1-37-22-10-12-26-24(18-22)30(14-6-16-41(34,35)36)28(39-26)19-27-29(13-5-15-40(31,32)33)23-17-21(9-11-25(23)38-27)20-7-3-2-4-8-20;/h2-4,7-12,17-19H,5-6,13-16H2,1H3,(H-,31,32,33,34,35,36);/q;+1/p-1. The van der Waals surface area contributed by atoms with Crippen molar-refractivity contribution in [1.29, 1.82) is 0 Å². The van der Waals surface area contributed by atoms with Crippen LogP contribution in [0.1, 0.15) is 17.8 Å². The van der Waals surface area contributed by atoms with Gasteiger partial charge in [-0.1, -0.05) is 47.7 Å². The van der Waals surface area contributed by atoms with Crippen molar-refractivity contribution in [3.8, 4) is 22.6 Å². The zero-order valence-electron chi connectivity index (χ0n) is 23.1. The second-order valence-corrected chi connectivity index (χ2v) is 13.6. The van der Waals surface area contributed by atoms with Crippen molar-refractivity contribution in [1.82, 2.24) is 0 Å². The first kappa shape index (κ1) is 32.4. The van der Waals surface area contributed by atoms with E-state index in [0.717, 1.165) is 32.0 Å². The maximum absolute atomic E-state index is 11.3. The second kappa shape index (κ2) is 13.4. The minimum Gasteiger partial charge on any atom is -0.748 e. The van der Waals surface area contributed by atoms with Crippen molar-refractivity contribution in [2.75, 3.05) is 30.1 Å². The van der Waals surface area contributed by atoms with Crippen molar-refractivity contribution in [2.45, 2.75) is 19.4 Å². The molecule has 0 saturated carbocycles. The molecule has 10 nitrogen and oxygen atoms in total. The molecule has 0 bridgehead atoms. The molecule has 0 N–H and O–H groups in total. The van der Waals surface area contributed by atoms with Crippen LogP contribution < -0.4 is 48.5 Å². The summed E-state index contributed by atoms with van der Waals surface area (Å²) in [5, 5.41) is 0.726. The van der Waals surface area contributed by atoms with Crippen LogP contribution in [0.15, 0.2) is 72.6 Å². The van der Waals surface area contributed by atoms with E-state index in [2.05, 4.69) is 0 Å². The molecule has 5 rings (SSSR count). The maximum atomic E-state index is 11.3. The summed E-state index contributed by atoms with van der Waals surface area (Å²) in [7, 11) is -7.23. The molecule has 0 amide bonds. The summed E-state index contributed by atoms with van der Waals surface area (Å²) < 4.78 is 82.2. The molecule has 3 aromatic carbocycles. The normalized spacial score (nSPS) is 14.1.